The number of carbonyl (C=O) groups excluding carboxylic acids is 1. The van der Waals surface area contributed by atoms with E-state index in [1.807, 2.05) is 55.8 Å². The maximum absolute atomic E-state index is 12.8. The molecule has 1 amide bonds. The first-order chi connectivity index (χ1) is 12.0. The van der Waals surface area contributed by atoms with E-state index in [-0.39, 0.29) is 22.9 Å². The number of hydrogen-bond donors (Lipinski definition) is 1. The van der Waals surface area contributed by atoms with Crippen LogP contribution in [0.2, 0.25) is 0 Å². The zero-order valence-electron chi connectivity index (χ0n) is 14.6. The summed E-state index contributed by atoms with van der Waals surface area (Å²) in [6.45, 7) is 3.92. The van der Waals surface area contributed by atoms with E-state index in [0.717, 1.165) is 16.6 Å². The average Bonchev–Trinajstić information content (AvgIpc) is 2.63. The van der Waals surface area contributed by atoms with Gasteiger partial charge in [0.2, 0.25) is 5.43 Å². The molecule has 3 rings (SSSR count). The molecule has 0 aliphatic heterocycles. The SMILES string of the molecule is CC[C@@H](NC(=O)c1cn(C)c2ccc(C)cc2c1=O)c1cccnc1. The van der Waals surface area contributed by atoms with Gasteiger partial charge in [-0.1, -0.05) is 24.6 Å². The molecule has 0 saturated heterocycles. The second kappa shape index (κ2) is 6.89. The number of amides is 1. The quantitative estimate of drug-likeness (QED) is 0.797. The Labute approximate surface area is 146 Å². The minimum Gasteiger partial charge on any atom is -0.350 e. The molecule has 0 radical (unpaired) electrons. The lowest BCUT2D eigenvalue weighted by Crippen LogP contribution is -2.32. The fraction of sp³-hybridized carbons (Fsp3) is 0.250. The van der Waals surface area contributed by atoms with Crippen LogP contribution in [0.25, 0.3) is 10.9 Å². The van der Waals surface area contributed by atoms with Crippen molar-refractivity contribution in [1.29, 1.82) is 0 Å². The zero-order valence-corrected chi connectivity index (χ0v) is 14.6. The number of nitrogens with one attached hydrogen (secondary N) is 1. The van der Waals surface area contributed by atoms with Crippen molar-refractivity contribution in [1.82, 2.24) is 14.9 Å². The highest BCUT2D eigenvalue weighted by atomic mass is 16.2. The van der Waals surface area contributed by atoms with E-state index in [4.69, 9.17) is 0 Å². The Kier molecular flexibility index (Phi) is 4.65. The number of pyridine rings is 2. The van der Waals surface area contributed by atoms with E-state index in [1.165, 1.54) is 0 Å². The summed E-state index contributed by atoms with van der Waals surface area (Å²) in [4.78, 5) is 29.6. The van der Waals surface area contributed by atoms with Gasteiger partial charge in [0, 0.05) is 31.0 Å². The number of fused-ring (bicyclic) bond motifs is 1. The molecule has 0 bridgehead atoms. The molecule has 0 aliphatic rings. The third kappa shape index (κ3) is 3.31. The Balaban J connectivity index is 2.00. The maximum Gasteiger partial charge on any atom is 0.257 e. The Morgan fingerprint density at radius 1 is 1.32 bits per heavy atom. The molecule has 1 aromatic carbocycles. The summed E-state index contributed by atoms with van der Waals surface area (Å²) in [5.41, 5.74) is 2.64. The third-order valence-corrected chi connectivity index (χ3v) is 4.39. The number of rotatable bonds is 4. The van der Waals surface area contributed by atoms with E-state index in [2.05, 4.69) is 10.3 Å². The van der Waals surface area contributed by atoms with Gasteiger partial charge in [0.05, 0.1) is 11.6 Å². The van der Waals surface area contributed by atoms with Crippen LogP contribution in [0.15, 0.2) is 53.7 Å². The first kappa shape index (κ1) is 16.9. The van der Waals surface area contributed by atoms with Crippen molar-refractivity contribution < 1.29 is 4.79 Å². The summed E-state index contributed by atoms with van der Waals surface area (Å²) in [5.74, 6) is -0.361. The first-order valence-electron chi connectivity index (χ1n) is 8.32. The highest BCUT2D eigenvalue weighted by Crippen LogP contribution is 2.17. The molecule has 25 heavy (non-hydrogen) atoms. The largest absolute Gasteiger partial charge is 0.350 e. The van der Waals surface area contributed by atoms with E-state index in [9.17, 15) is 9.59 Å². The highest BCUT2D eigenvalue weighted by Gasteiger charge is 2.18. The third-order valence-electron chi connectivity index (χ3n) is 4.39. The number of aromatic nitrogens is 2. The van der Waals surface area contributed by atoms with Crippen LogP contribution in [0.3, 0.4) is 0 Å². The number of hydrogen-bond acceptors (Lipinski definition) is 3. The smallest absolute Gasteiger partial charge is 0.257 e. The molecule has 0 spiro atoms. The molecule has 1 N–H and O–H groups in total. The van der Waals surface area contributed by atoms with Gasteiger partial charge in [-0.3, -0.25) is 14.6 Å². The predicted octanol–water partition coefficient (Wildman–Crippen LogP) is 3.12. The van der Waals surface area contributed by atoms with E-state index < -0.39 is 0 Å². The lowest BCUT2D eigenvalue weighted by Gasteiger charge is -2.17. The van der Waals surface area contributed by atoms with Crippen LogP contribution in [0.1, 0.15) is 40.9 Å². The van der Waals surface area contributed by atoms with Gasteiger partial charge in [-0.2, -0.15) is 0 Å². The molecule has 3 aromatic rings. The summed E-state index contributed by atoms with van der Waals surface area (Å²) in [7, 11) is 1.84. The Hall–Kier alpha value is -2.95. The average molecular weight is 335 g/mol. The summed E-state index contributed by atoms with van der Waals surface area (Å²) < 4.78 is 1.82. The van der Waals surface area contributed by atoms with E-state index in [0.29, 0.717) is 11.8 Å². The molecule has 2 aromatic heterocycles. The van der Waals surface area contributed by atoms with Crippen molar-refractivity contribution in [2.45, 2.75) is 26.3 Å². The normalized spacial score (nSPS) is 12.1. The van der Waals surface area contributed by atoms with Gasteiger partial charge in [0.1, 0.15) is 5.56 Å². The fourth-order valence-corrected chi connectivity index (χ4v) is 3.01. The standard InChI is InChI=1S/C20H21N3O2/c1-4-17(14-6-5-9-21-11-14)22-20(25)16-12-23(3)18-8-7-13(2)10-15(18)19(16)24/h5-12,17H,4H2,1-3H3,(H,22,25)/t17-/m1/s1. The Bertz CT molecular complexity index is 977. The predicted molar refractivity (Wildman–Crippen MR) is 98.7 cm³/mol. The minimum atomic E-state index is -0.361. The van der Waals surface area contributed by atoms with Gasteiger partial charge in [0.15, 0.2) is 0 Å². The van der Waals surface area contributed by atoms with Crippen LogP contribution in [0, 0.1) is 6.92 Å². The summed E-state index contributed by atoms with van der Waals surface area (Å²) in [5, 5.41) is 3.51. The monoisotopic (exact) mass is 335 g/mol. The lowest BCUT2D eigenvalue weighted by molar-refractivity contribution is 0.0934. The molecule has 0 fully saturated rings. The van der Waals surface area contributed by atoms with E-state index >= 15 is 0 Å². The second-order valence-corrected chi connectivity index (χ2v) is 6.22. The van der Waals surface area contributed by atoms with Gasteiger partial charge in [0.25, 0.3) is 5.91 Å². The van der Waals surface area contributed by atoms with Crippen molar-refractivity contribution >= 4 is 16.8 Å². The number of benzene rings is 1. The van der Waals surface area contributed by atoms with Crippen molar-refractivity contribution in [2.75, 3.05) is 0 Å². The number of aryl methyl sites for hydroxylation is 2. The van der Waals surface area contributed by atoms with Gasteiger partial charge < -0.3 is 9.88 Å². The van der Waals surface area contributed by atoms with Crippen molar-refractivity contribution in [3.8, 4) is 0 Å². The molecule has 5 heteroatoms. The number of carbonyl (C=O) groups is 1. The topological polar surface area (TPSA) is 64.0 Å². The van der Waals surface area contributed by atoms with Crippen LogP contribution < -0.4 is 10.7 Å². The van der Waals surface area contributed by atoms with Gasteiger partial charge in [-0.25, -0.2) is 0 Å². The van der Waals surface area contributed by atoms with Crippen LogP contribution in [0.4, 0.5) is 0 Å². The second-order valence-electron chi connectivity index (χ2n) is 6.22. The Morgan fingerprint density at radius 3 is 2.80 bits per heavy atom. The lowest BCUT2D eigenvalue weighted by atomic mass is 10.1. The summed E-state index contributed by atoms with van der Waals surface area (Å²) in [6, 6.07) is 9.26. The van der Waals surface area contributed by atoms with Gasteiger partial charge in [-0.15, -0.1) is 0 Å². The van der Waals surface area contributed by atoms with Crippen LogP contribution in [-0.2, 0) is 7.05 Å². The van der Waals surface area contributed by atoms with Crippen LogP contribution in [0.5, 0.6) is 0 Å². The first-order valence-corrected chi connectivity index (χ1v) is 8.32. The molecule has 0 unspecified atom stereocenters. The highest BCUT2D eigenvalue weighted by molar-refractivity contribution is 5.97. The van der Waals surface area contributed by atoms with E-state index in [1.54, 1.807) is 18.6 Å². The van der Waals surface area contributed by atoms with Crippen LogP contribution >= 0.6 is 0 Å². The van der Waals surface area contributed by atoms with Crippen molar-refractivity contribution in [3.63, 3.8) is 0 Å². The fourth-order valence-electron chi connectivity index (χ4n) is 3.01. The van der Waals surface area contributed by atoms with Gasteiger partial charge >= 0.3 is 0 Å². The molecule has 0 saturated carbocycles. The molecule has 2 heterocycles. The summed E-state index contributed by atoms with van der Waals surface area (Å²) >= 11 is 0. The van der Waals surface area contributed by atoms with Crippen molar-refractivity contribution in [2.24, 2.45) is 7.05 Å². The minimum absolute atomic E-state index is 0.156. The molecule has 1 atom stereocenters. The molecule has 0 aliphatic carbocycles. The van der Waals surface area contributed by atoms with Crippen molar-refractivity contribution in [3.05, 3.63) is 75.8 Å². The molecule has 128 valence electrons. The van der Waals surface area contributed by atoms with Crippen LogP contribution in [-0.4, -0.2) is 15.5 Å². The molecular weight excluding hydrogens is 314 g/mol. The number of nitrogens with zero attached hydrogens (tertiary/aromatic N) is 2. The molecule has 5 nitrogen and oxygen atoms in total. The Morgan fingerprint density at radius 2 is 2.12 bits per heavy atom. The van der Waals surface area contributed by atoms with Gasteiger partial charge in [-0.05, 0) is 37.1 Å². The summed E-state index contributed by atoms with van der Waals surface area (Å²) in [6.07, 6.45) is 5.74. The zero-order chi connectivity index (χ0) is 18.0. The maximum atomic E-state index is 12.8. The molecular formula is C20H21N3O2.